The summed E-state index contributed by atoms with van der Waals surface area (Å²) in [6, 6.07) is 19.7. The van der Waals surface area contributed by atoms with Gasteiger partial charge in [0.2, 0.25) is 0 Å². The molecule has 1 aliphatic heterocycles. The van der Waals surface area contributed by atoms with Crippen LogP contribution >= 0.6 is 0 Å². The zero-order valence-electron chi connectivity index (χ0n) is 22.5. The van der Waals surface area contributed by atoms with E-state index in [1.807, 2.05) is 6.07 Å². The topological polar surface area (TPSA) is 82.7 Å². The molecule has 38 heavy (non-hydrogen) atoms. The number of aromatic nitrogens is 5. The van der Waals surface area contributed by atoms with E-state index < -0.39 is 0 Å². The molecule has 0 saturated carbocycles. The maximum atomic E-state index is 6.13. The summed E-state index contributed by atoms with van der Waals surface area (Å²) < 4.78 is 6.13. The fourth-order valence-corrected chi connectivity index (χ4v) is 5.51. The van der Waals surface area contributed by atoms with Crippen LogP contribution in [0.3, 0.4) is 0 Å². The summed E-state index contributed by atoms with van der Waals surface area (Å²) in [6.07, 6.45) is 4.83. The van der Waals surface area contributed by atoms with E-state index >= 15 is 0 Å². The number of hydrogen-bond donors (Lipinski definition) is 2. The smallest absolute Gasteiger partial charge is 0.181 e. The SMILES string of the molecule is CC(C)Cc1nc(-c2ccc3[nH]nc(-c4ccc5cc(OCCN6CCCCC6C)ccc5c4)c3c2)n[nH]1. The first-order valence-corrected chi connectivity index (χ1v) is 13.8. The van der Waals surface area contributed by atoms with Crippen molar-refractivity contribution < 1.29 is 4.74 Å². The number of fused-ring (bicyclic) bond motifs is 2. The Morgan fingerprint density at radius 3 is 2.66 bits per heavy atom. The van der Waals surface area contributed by atoms with Gasteiger partial charge in [0.1, 0.15) is 18.2 Å². The summed E-state index contributed by atoms with van der Waals surface area (Å²) in [5.74, 6) is 3.09. The summed E-state index contributed by atoms with van der Waals surface area (Å²) in [7, 11) is 0. The predicted octanol–water partition coefficient (Wildman–Crippen LogP) is 6.62. The van der Waals surface area contributed by atoms with Crippen molar-refractivity contribution in [2.45, 2.75) is 52.5 Å². The molecule has 2 N–H and O–H groups in total. The second kappa shape index (κ2) is 10.6. The molecule has 1 aliphatic rings. The summed E-state index contributed by atoms with van der Waals surface area (Å²) in [6.45, 7) is 9.58. The van der Waals surface area contributed by atoms with E-state index in [2.05, 4.69) is 94.6 Å². The lowest BCUT2D eigenvalue weighted by molar-refractivity contribution is 0.133. The number of ether oxygens (including phenoxy) is 1. The number of piperidine rings is 1. The third-order valence-electron chi connectivity index (χ3n) is 7.63. The highest BCUT2D eigenvalue weighted by Gasteiger charge is 2.18. The Balaban J connectivity index is 1.21. The van der Waals surface area contributed by atoms with E-state index in [9.17, 15) is 0 Å². The number of hydrogen-bond acceptors (Lipinski definition) is 5. The molecule has 7 nitrogen and oxygen atoms in total. The summed E-state index contributed by atoms with van der Waals surface area (Å²) >= 11 is 0. The maximum Gasteiger partial charge on any atom is 0.181 e. The number of nitrogens with one attached hydrogen (secondary N) is 2. The van der Waals surface area contributed by atoms with Gasteiger partial charge in [-0.25, -0.2) is 4.98 Å². The number of rotatable bonds is 8. The minimum atomic E-state index is 0.526. The Kier molecular flexibility index (Phi) is 6.85. The van der Waals surface area contributed by atoms with Gasteiger partial charge in [-0.2, -0.15) is 10.2 Å². The van der Waals surface area contributed by atoms with Crippen molar-refractivity contribution in [3.63, 3.8) is 0 Å². The van der Waals surface area contributed by atoms with Crippen LogP contribution in [-0.4, -0.2) is 56.0 Å². The number of benzene rings is 3. The van der Waals surface area contributed by atoms with Gasteiger partial charge in [0, 0.05) is 35.5 Å². The Bertz CT molecular complexity index is 1550. The molecule has 0 radical (unpaired) electrons. The number of nitrogens with zero attached hydrogens (tertiary/aromatic N) is 4. The first-order valence-electron chi connectivity index (χ1n) is 13.8. The Labute approximate surface area is 223 Å². The van der Waals surface area contributed by atoms with E-state index in [0.717, 1.165) is 70.1 Å². The molecule has 2 aromatic heterocycles. The number of H-pyrrole nitrogens is 2. The minimum absolute atomic E-state index is 0.526. The molecule has 0 spiro atoms. The monoisotopic (exact) mass is 508 g/mol. The van der Waals surface area contributed by atoms with Gasteiger partial charge in [0.05, 0.1) is 11.2 Å². The van der Waals surface area contributed by atoms with Crippen LogP contribution in [0.1, 0.15) is 45.9 Å². The Morgan fingerprint density at radius 2 is 1.79 bits per heavy atom. The highest BCUT2D eigenvalue weighted by Crippen LogP contribution is 2.32. The first-order chi connectivity index (χ1) is 18.5. The van der Waals surface area contributed by atoms with Crippen LogP contribution in [0, 0.1) is 5.92 Å². The lowest BCUT2D eigenvalue weighted by Crippen LogP contribution is -2.39. The molecule has 3 heterocycles. The standard InChI is InChI=1S/C31H36N6O/c1-20(2)16-29-32-31(36-34-29)25-10-12-28-27(19-25)30(35-33-28)24-8-7-23-18-26(11-9-22(23)17-24)38-15-14-37-13-5-4-6-21(37)3/h7-12,17-21H,4-6,13-16H2,1-3H3,(H,33,35)(H,32,34,36). The normalized spacial score (nSPS) is 16.6. The average Bonchev–Trinajstić information content (AvgIpc) is 3.56. The summed E-state index contributed by atoms with van der Waals surface area (Å²) in [5.41, 5.74) is 3.98. The van der Waals surface area contributed by atoms with E-state index in [4.69, 9.17) is 9.72 Å². The van der Waals surface area contributed by atoms with Gasteiger partial charge in [-0.05, 0) is 79.4 Å². The van der Waals surface area contributed by atoms with Gasteiger partial charge in [0.15, 0.2) is 5.82 Å². The van der Waals surface area contributed by atoms with Crippen LogP contribution in [0.2, 0.25) is 0 Å². The molecule has 1 unspecified atom stereocenters. The van der Waals surface area contributed by atoms with Crippen molar-refractivity contribution in [3.05, 3.63) is 60.4 Å². The lowest BCUT2D eigenvalue weighted by atomic mass is 10.0. The maximum absolute atomic E-state index is 6.13. The third-order valence-corrected chi connectivity index (χ3v) is 7.63. The van der Waals surface area contributed by atoms with Crippen LogP contribution in [0.15, 0.2) is 54.6 Å². The molecule has 1 fully saturated rings. The van der Waals surface area contributed by atoms with E-state index in [1.54, 1.807) is 0 Å². The van der Waals surface area contributed by atoms with Crippen molar-refractivity contribution in [1.29, 1.82) is 0 Å². The summed E-state index contributed by atoms with van der Waals surface area (Å²) in [4.78, 5) is 7.25. The Hall–Kier alpha value is -3.71. The second-order valence-electron chi connectivity index (χ2n) is 11.0. The van der Waals surface area contributed by atoms with Crippen molar-refractivity contribution in [2.75, 3.05) is 19.7 Å². The van der Waals surface area contributed by atoms with Gasteiger partial charge in [0.25, 0.3) is 0 Å². The van der Waals surface area contributed by atoms with Crippen LogP contribution in [0.25, 0.3) is 44.3 Å². The highest BCUT2D eigenvalue weighted by molar-refractivity contribution is 5.97. The fourth-order valence-electron chi connectivity index (χ4n) is 5.51. The largest absolute Gasteiger partial charge is 0.492 e. The van der Waals surface area contributed by atoms with Crippen molar-refractivity contribution in [2.24, 2.45) is 5.92 Å². The molecule has 0 amide bonds. The summed E-state index contributed by atoms with van der Waals surface area (Å²) in [5, 5.41) is 18.8. The van der Waals surface area contributed by atoms with Gasteiger partial charge >= 0.3 is 0 Å². The van der Waals surface area contributed by atoms with Gasteiger partial charge < -0.3 is 4.74 Å². The van der Waals surface area contributed by atoms with Crippen LogP contribution in [0.5, 0.6) is 5.75 Å². The number of aromatic amines is 2. The molecule has 6 rings (SSSR count). The molecular weight excluding hydrogens is 472 g/mol. The zero-order valence-corrected chi connectivity index (χ0v) is 22.5. The minimum Gasteiger partial charge on any atom is -0.492 e. The van der Waals surface area contributed by atoms with E-state index in [1.165, 1.54) is 31.2 Å². The molecule has 1 atom stereocenters. The van der Waals surface area contributed by atoms with Crippen molar-refractivity contribution in [1.82, 2.24) is 30.3 Å². The second-order valence-corrected chi connectivity index (χ2v) is 11.0. The van der Waals surface area contributed by atoms with Crippen molar-refractivity contribution >= 4 is 21.7 Å². The number of likely N-dealkylation sites (tertiary alicyclic amines) is 1. The molecular formula is C31H36N6O. The zero-order chi connectivity index (χ0) is 26.1. The van der Waals surface area contributed by atoms with Gasteiger partial charge in [-0.15, -0.1) is 0 Å². The molecule has 3 aromatic carbocycles. The van der Waals surface area contributed by atoms with E-state index in [-0.39, 0.29) is 0 Å². The van der Waals surface area contributed by atoms with Crippen LogP contribution in [0.4, 0.5) is 0 Å². The highest BCUT2D eigenvalue weighted by atomic mass is 16.5. The molecule has 7 heteroatoms. The molecule has 0 bridgehead atoms. The molecule has 0 aliphatic carbocycles. The molecule has 5 aromatic rings. The van der Waals surface area contributed by atoms with Gasteiger partial charge in [-0.1, -0.05) is 38.5 Å². The lowest BCUT2D eigenvalue weighted by Gasteiger charge is -2.33. The van der Waals surface area contributed by atoms with Crippen LogP contribution in [-0.2, 0) is 6.42 Å². The van der Waals surface area contributed by atoms with Crippen molar-refractivity contribution in [3.8, 4) is 28.4 Å². The molecule has 196 valence electrons. The first kappa shape index (κ1) is 24.6. The predicted molar refractivity (Wildman–Crippen MR) is 153 cm³/mol. The molecule has 1 saturated heterocycles. The fraction of sp³-hybridized carbons (Fsp3) is 0.387. The quantitative estimate of drug-likeness (QED) is 0.246. The average molecular weight is 509 g/mol. The van der Waals surface area contributed by atoms with E-state index in [0.29, 0.717) is 12.0 Å². The third kappa shape index (κ3) is 5.16. The van der Waals surface area contributed by atoms with Gasteiger partial charge in [-0.3, -0.25) is 15.1 Å². The Morgan fingerprint density at radius 1 is 0.947 bits per heavy atom. The van der Waals surface area contributed by atoms with Crippen LogP contribution < -0.4 is 4.74 Å².